The van der Waals surface area contributed by atoms with Crippen LogP contribution in [0.1, 0.15) is 21.5 Å². The molecule has 0 saturated heterocycles. The Morgan fingerprint density at radius 1 is 1.33 bits per heavy atom. The monoisotopic (exact) mass is 286 g/mol. The number of ether oxygens (including phenoxy) is 1. The molecule has 1 aromatic carbocycles. The molecule has 2 N–H and O–H groups in total. The summed E-state index contributed by atoms with van der Waals surface area (Å²) < 4.78 is 5.15. The lowest BCUT2D eigenvalue weighted by Gasteiger charge is -2.07. The molecule has 110 valence electrons. The molecule has 0 radical (unpaired) electrons. The fraction of sp³-hybridized carbons (Fsp3) is 0.250. The zero-order chi connectivity index (χ0) is 15.2. The molecule has 0 fully saturated rings. The average molecular weight is 286 g/mol. The number of pyridine rings is 1. The van der Waals surface area contributed by atoms with Crippen LogP contribution >= 0.6 is 0 Å². The van der Waals surface area contributed by atoms with Crippen LogP contribution in [0, 0.1) is 6.92 Å². The number of methoxy groups -OCH3 is 1. The Bertz CT molecular complexity index is 692. The van der Waals surface area contributed by atoms with E-state index < -0.39 is 0 Å². The van der Waals surface area contributed by atoms with Gasteiger partial charge in [-0.25, -0.2) is 0 Å². The zero-order valence-electron chi connectivity index (χ0n) is 12.1. The lowest BCUT2D eigenvalue weighted by molar-refractivity contribution is 0.0952. The summed E-state index contributed by atoms with van der Waals surface area (Å²) in [5.41, 5.74) is 1.53. The van der Waals surface area contributed by atoms with E-state index in [0.29, 0.717) is 18.5 Å². The maximum atomic E-state index is 12.0. The van der Waals surface area contributed by atoms with Gasteiger partial charge in [-0.15, -0.1) is 0 Å². The van der Waals surface area contributed by atoms with Crippen molar-refractivity contribution >= 4 is 5.91 Å². The first kappa shape index (κ1) is 14.8. The van der Waals surface area contributed by atoms with E-state index in [1.165, 1.54) is 6.20 Å². The maximum Gasteiger partial charge on any atom is 0.261 e. The predicted octanol–water partition coefficient (Wildman–Crippen LogP) is 1.66. The molecular weight excluding hydrogens is 268 g/mol. The van der Waals surface area contributed by atoms with Crippen molar-refractivity contribution in [2.75, 3.05) is 13.7 Å². The summed E-state index contributed by atoms with van der Waals surface area (Å²) in [6.07, 6.45) is 2.21. The second-order valence-corrected chi connectivity index (χ2v) is 4.72. The fourth-order valence-electron chi connectivity index (χ4n) is 2.10. The number of hydrogen-bond acceptors (Lipinski definition) is 3. The molecule has 0 aliphatic heterocycles. The molecule has 21 heavy (non-hydrogen) atoms. The number of nitrogens with one attached hydrogen (secondary N) is 2. The minimum absolute atomic E-state index is 0.170. The Morgan fingerprint density at radius 2 is 2.14 bits per heavy atom. The van der Waals surface area contributed by atoms with E-state index in [-0.39, 0.29) is 17.0 Å². The molecule has 5 nitrogen and oxygen atoms in total. The Kier molecular flexibility index (Phi) is 4.77. The summed E-state index contributed by atoms with van der Waals surface area (Å²) in [5.74, 6) is 0.437. The van der Waals surface area contributed by atoms with Gasteiger partial charge in [0.05, 0.1) is 7.11 Å². The third kappa shape index (κ3) is 3.72. The number of H-pyrrole nitrogens is 1. The van der Waals surface area contributed by atoms with E-state index in [0.717, 1.165) is 11.3 Å². The standard InChI is InChI=1S/C16H18N2O3/c1-11-6-8-17-15(19)14(11)16(20)18-9-7-12-4-3-5-13(10-12)21-2/h3-6,8,10H,7,9H2,1-2H3,(H,17,19)(H,18,20). The van der Waals surface area contributed by atoms with Gasteiger partial charge in [-0.1, -0.05) is 12.1 Å². The summed E-state index contributed by atoms with van der Waals surface area (Å²) in [7, 11) is 1.62. The van der Waals surface area contributed by atoms with Gasteiger partial charge in [0.1, 0.15) is 11.3 Å². The van der Waals surface area contributed by atoms with Gasteiger partial charge in [0.2, 0.25) is 0 Å². The minimum atomic E-state index is -0.367. The van der Waals surface area contributed by atoms with E-state index in [2.05, 4.69) is 10.3 Å². The number of aromatic amines is 1. The number of hydrogen-bond donors (Lipinski definition) is 2. The van der Waals surface area contributed by atoms with Crippen molar-refractivity contribution in [2.24, 2.45) is 0 Å². The lowest BCUT2D eigenvalue weighted by atomic mass is 10.1. The van der Waals surface area contributed by atoms with Gasteiger partial charge in [-0.3, -0.25) is 9.59 Å². The summed E-state index contributed by atoms with van der Waals surface area (Å²) in [4.78, 5) is 26.2. The van der Waals surface area contributed by atoms with Crippen LogP contribution in [-0.2, 0) is 6.42 Å². The SMILES string of the molecule is COc1cccc(CCNC(=O)c2c(C)cc[nH]c2=O)c1. The lowest BCUT2D eigenvalue weighted by Crippen LogP contribution is -2.31. The van der Waals surface area contributed by atoms with Gasteiger partial charge in [0, 0.05) is 12.7 Å². The number of aromatic nitrogens is 1. The molecule has 1 heterocycles. The number of aryl methyl sites for hydroxylation is 1. The van der Waals surface area contributed by atoms with Crippen LogP contribution in [0.15, 0.2) is 41.3 Å². The molecule has 0 saturated carbocycles. The summed E-state index contributed by atoms with van der Waals surface area (Å²) in [6, 6.07) is 9.37. The van der Waals surface area contributed by atoms with Crippen molar-refractivity contribution in [3.63, 3.8) is 0 Å². The third-order valence-corrected chi connectivity index (χ3v) is 3.23. The minimum Gasteiger partial charge on any atom is -0.497 e. The summed E-state index contributed by atoms with van der Waals surface area (Å²) >= 11 is 0. The highest BCUT2D eigenvalue weighted by atomic mass is 16.5. The Hall–Kier alpha value is -2.56. The number of benzene rings is 1. The molecule has 1 aromatic heterocycles. The molecule has 1 amide bonds. The normalized spacial score (nSPS) is 10.2. The van der Waals surface area contributed by atoms with Gasteiger partial charge in [0.15, 0.2) is 0 Å². The molecule has 2 rings (SSSR count). The van der Waals surface area contributed by atoms with Gasteiger partial charge in [-0.2, -0.15) is 0 Å². The molecule has 0 aliphatic rings. The molecule has 2 aromatic rings. The highest BCUT2D eigenvalue weighted by Crippen LogP contribution is 2.12. The largest absolute Gasteiger partial charge is 0.497 e. The van der Waals surface area contributed by atoms with Crippen molar-refractivity contribution in [3.8, 4) is 5.75 Å². The molecular formula is C16H18N2O3. The molecule has 0 unspecified atom stereocenters. The molecule has 0 atom stereocenters. The quantitative estimate of drug-likeness (QED) is 0.878. The molecule has 0 spiro atoms. The van der Waals surface area contributed by atoms with Gasteiger partial charge < -0.3 is 15.0 Å². The average Bonchev–Trinajstić information content (AvgIpc) is 2.47. The first-order chi connectivity index (χ1) is 10.1. The van der Waals surface area contributed by atoms with E-state index in [4.69, 9.17) is 4.74 Å². The van der Waals surface area contributed by atoms with E-state index >= 15 is 0 Å². The van der Waals surface area contributed by atoms with Crippen molar-refractivity contribution in [3.05, 3.63) is 63.6 Å². The Morgan fingerprint density at radius 3 is 2.86 bits per heavy atom. The molecule has 0 aliphatic carbocycles. The number of carbonyl (C=O) groups excluding carboxylic acids is 1. The highest BCUT2D eigenvalue weighted by molar-refractivity contribution is 5.95. The number of amides is 1. The first-order valence-corrected chi connectivity index (χ1v) is 6.71. The van der Waals surface area contributed by atoms with Crippen LogP contribution < -0.4 is 15.6 Å². The van der Waals surface area contributed by atoms with Crippen LogP contribution in [0.3, 0.4) is 0 Å². The van der Waals surface area contributed by atoms with Crippen LogP contribution in [0.2, 0.25) is 0 Å². The van der Waals surface area contributed by atoms with Gasteiger partial charge >= 0.3 is 0 Å². The van der Waals surface area contributed by atoms with Crippen LogP contribution in [0.5, 0.6) is 5.75 Å². The second kappa shape index (κ2) is 6.74. The number of carbonyl (C=O) groups is 1. The Labute approximate surface area is 123 Å². The molecule has 5 heteroatoms. The third-order valence-electron chi connectivity index (χ3n) is 3.23. The van der Waals surface area contributed by atoms with E-state index in [1.54, 1.807) is 20.1 Å². The molecule has 0 bridgehead atoms. The van der Waals surface area contributed by atoms with Crippen LogP contribution in [-0.4, -0.2) is 24.5 Å². The summed E-state index contributed by atoms with van der Waals surface area (Å²) in [5, 5.41) is 2.77. The first-order valence-electron chi connectivity index (χ1n) is 6.71. The van der Waals surface area contributed by atoms with Crippen LogP contribution in [0.4, 0.5) is 0 Å². The highest BCUT2D eigenvalue weighted by Gasteiger charge is 2.12. The van der Waals surface area contributed by atoms with Gasteiger partial charge in [-0.05, 0) is 42.7 Å². The Balaban J connectivity index is 1.97. The number of rotatable bonds is 5. The van der Waals surface area contributed by atoms with E-state index in [1.807, 2.05) is 24.3 Å². The van der Waals surface area contributed by atoms with Crippen molar-refractivity contribution in [2.45, 2.75) is 13.3 Å². The van der Waals surface area contributed by atoms with Crippen LogP contribution in [0.25, 0.3) is 0 Å². The topological polar surface area (TPSA) is 71.2 Å². The zero-order valence-corrected chi connectivity index (χ0v) is 12.1. The maximum absolute atomic E-state index is 12.0. The van der Waals surface area contributed by atoms with E-state index in [9.17, 15) is 9.59 Å². The fourth-order valence-corrected chi connectivity index (χ4v) is 2.10. The van der Waals surface area contributed by atoms with Crippen molar-refractivity contribution < 1.29 is 9.53 Å². The van der Waals surface area contributed by atoms with Crippen molar-refractivity contribution in [1.29, 1.82) is 0 Å². The smallest absolute Gasteiger partial charge is 0.261 e. The predicted molar refractivity (Wildman–Crippen MR) is 80.8 cm³/mol. The summed E-state index contributed by atoms with van der Waals surface area (Å²) in [6.45, 7) is 2.20. The van der Waals surface area contributed by atoms with Gasteiger partial charge in [0.25, 0.3) is 11.5 Å². The second-order valence-electron chi connectivity index (χ2n) is 4.72. The van der Waals surface area contributed by atoms with Crippen molar-refractivity contribution in [1.82, 2.24) is 10.3 Å².